The van der Waals surface area contributed by atoms with Crippen molar-refractivity contribution in [2.24, 2.45) is 0 Å². The highest BCUT2D eigenvalue weighted by atomic mass is 19.1. The van der Waals surface area contributed by atoms with E-state index in [2.05, 4.69) is 10.2 Å². The molecule has 1 aliphatic heterocycles. The van der Waals surface area contributed by atoms with Crippen LogP contribution in [-0.4, -0.2) is 66.8 Å². The number of nitrogens with one attached hydrogen (secondary N) is 1. The van der Waals surface area contributed by atoms with Crippen molar-refractivity contribution in [2.45, 2.75) is 33.1 Å². The smallest absolute Gasteiger partial charge is 0.256 e. The molecule has 0 bridgehead atoms. The molecule has 3 aromatic carbocycles. The van der Waals surface area contributed by atoms with E-state index in [-0.39, 0.29) is 23.6 Å². The zero-order valence-electron chi connectivity index (χ0n) is 23.4. The van der Waals surface area contributed by atoms with Crippen LogP contribution in [0, 0.1) is 5.82 Å². The predicted molar refractivity (Wildman–Crippen MR) is 156 cm³/mol. The van der Waals surface area contributed by atoms with Gasteiger partial charge in [-0.1, -0.05) is 37.3 Å². The highest BCUT2D eigenvalue weighted by Crippen LogP contribution is 2.29. The van der Waals surface area contributed by atoms with E-state index in [4.69, 9.17) is 0 Å². The van der Waals surface area contributed by atoms with E-state index in [0.29, 0.717) is 56.1 Å². The van der Waals surface area contributed by atoms with Crippen LogP contribution >= 0.6 is 0 Å². The maximum absolute atomic E-state index is 13.6. The van der Waals surface area contributed by atoms with Gasteiger partial charge in [0.15, 0.2) is 0 Å². The summed E-state index contributed by atoms with van der Waals surface area (Å²) in [4.78, 5) is 45.5. The molecule has 3 amide bonds. The third-order valence-corrected chi connectivity index (χ3v) is 7.48. The number of halogens is 1. The lowest BCUT2D eigenvalue weighted by atomic mass is 9.94. The third-order valence-electron chi connectivity index (χ3n) is 7.48. The number of piperazine rings is 1. The second kappa shape index (κ2) is 13.2. The van der Waals surface area contributed by atoms with Crippen molar-refractivity contribution in [1.29, 1.82) is 0 Å². The second-order valence-corrected chi connectivity index (χ2v) is 9.85. The molecular formula is C32H37FN4O3. The molecule has 8 heteroatoms. The predicted octanol–water partition coefficient (Wildman–Crippen LogP) is 5.40. The molecule has 0 spiro atoms. The van der Waals surface area contributed by atoms with Gasteiger partial charge < -0.3 is 20.0 Å². The number of hydrogen-bond donors (Lipinski definition) is 1. The summed E-state index contributed by atoms with van der Waals surface area (Å²) in [6.07, 6.45) is 0.733. The molecule has 1 fully saturated rings. The van der Waals surface area contributed by atoms with Crippen molar-refractivity contribution < 1.29 is 18.8 Å². The van der Waals surface area contributed by atoms with E-state index < -0.39 is 5.82 Å². The molecule has 1 atom stereocenters. The molecule has 4 rings (SSSR count). The van der Waals surface area contributed by atoms with Crippen LogP contribution in [0.3, 0.4) is 0 Å². The Morgan fingerprint density at radius 2 is 1.52 bits per heavy atom. The van der Waals surface area contributed by atoms with Gasteiger partial charge in [-0.15, -0.1) is 0 Å². The summed E-state index contributed by atoms with van der Waals surface area (Å²) < 4.78 is 13.3. The standard InChI is InChI=1S/C32H37FN4O3/c1-4-27(23-10-8-7-9-11-23)31(39)37-20-18-36(19-21-37)29-17-16-26(22-28(29)32(40)35(5-2)6-3)34-30(38)24-12-14-25(33)15-13-24/h7-17,22,27H,4-6,18-21H2,1-3H3,(H,34,38)/t27-/m0/s1. The Bertz CT molecular complexity index is 1320. The van der Waals surface area contributed by atoms with Gasteiger partial charge >= 0.3 is 0 Å². The molecule has 0 unspecified atom stereocenters. The topological polar surface area (TPSA) is 73.0 Å². The summed E-state index contributed by atoms with van der Waals surface area (Å²) in [5.41, 5.74) is 3.11. The van der Waals surface area contributed by atoms with E-state index in [1.165, 1.54) is 24.3 Å². The zero-order chi connectivity index (χ0) is 28.6. The molecule has 40 heavy (non-hydrogen) atoms. The number of carbonyl (C=O) groups excluding carboxylic acids is 3. The van der Waals surface area contributed by atoms with Gasteiger partial charge in [-0.05, 0) is 68.3 Å². The monoisotopic (exact) mass is 544 g/mol. The fourth-order valence-corrected chi connectivity index (χ4v) is 5.17. The van der Waals surface area contributed by atoms with Crippen LogP contribution in [0.15, 0.2) is 72.8 Å². The van der Waals surface area contributed by atoms with Gasteiger partial charge in [0.05, 0.1) is 11.5 Å². The molecular weight excluding hydrogens is 507 g/mol. The molecule has 1 aliphatic rings. The van der Waals surface area contributed by atoms with Crippen LogP contribution in [0.2, 0.25) is 0 Å². The molecule has 0 aromatic heterocycles. The summed E-state index contributed by atoms with van der Waals surface area (Å²) in [6.45, 7) is 9.32. The minimum Gasteiger partial charge on any atom is -0.367 e. The Balaban J connectivity index is 1.53. The van der Waals surface area contributed by atoms with E-state index in [9.17, 15) is 18.8 Å². The Labute approximate surface area is 235 Å². The fourth-order valence-electron chi connectivity index (χ4n) is 5.17. The first-order valence-electron chi connectivity index (χ1n) is 13.9. The minimum absolute atomic E-state index is 0.119. The van der Waals surface area contributed by atoms with Gasteiger partial charge in [-0.3, -0.25) is 14.4 Å². The zero-order valence-corrected chi connectivity index (χ0v) is 23.4. The third kappa shape index (κ3) is 6.50. The Hall–Kier alpha value is -4.20. The van der Waals surface area contributed by atoms with Crippen molar-refractivity contribution >= 4 is 29.1 Å². The molecule has 1 heterocycles. The van der Waals surface area contributed by atoms with E-state index in [1.807, 2.05) is 62.1 Å². The van der Waals surface area contributed by atoms with Crippen LogP contribution in [0.25, 0.3) is 0 Å². The van der Waals surface area contributed by atoms with Gasteiger partial charge in [0, 0.05) is 56.2 Å². The Morgan fingerprint density at radius 1 is 0.875 bits per heavy atom. The summed E-state index contributed by atoms with van der Waals surface area (Å²) in [5.74, 6) is -0.959. The van der Waals surface area contributed by atoms with Crippen LogP contribution in [0.1, 0.15) is 59.4 Å². The van der Waals surface area contributed by atoms with Gasteiger partial charge in [-0.2, -0.15) is 0 Å². The molecule has 1 N–H and O–H groups in total. The maximum atomic E-state index is 13.6. The van der Waals surface area contributed by atoms with E-state index in [0.717, 1.165) is 17.7 Å². The number of rotatable bonds is 9. The van der Waals surface area contributed by atoms with Crippen LogP contribution in [0.4, 0.5) is 15.8 Å². The number of amides is 3. The summed E-state index contributed by atoms with van der Waals surface area (Å²) in [5, 5.41) is 2.83. The number of hydrogen-bond acceptors (Lipinski definition) is 4. The number of benzene rings is 3. The van der Waals surface area contributed by atoms with Crippen LogP contribution < -0.4 is 10.2 Å². The Kier molecular flexibility index (Phi) is 9.53. The fraction of sp³-hybridized carbons (Fsp3) is 0.344. The van der Waals surface area contributed by atoms with E-state index >= 15 is 0 Å². The molecule has 3 aromatic rings. The lowest BCUT2D eigenvalue weighted by Crippen LogP contribution is -2.50. The van der Waals surface area contributed by atoms with Gasteiger partial charge in [0.1, 0.15) is 5.82 Å². The summed E-state index contributed by atoms with van der Waals surface area (Å²) in [7, 11) is 0. The summed E-state index contributed by atoms with van der Waals surface area (Å²) in [6, 6.07) is 20.5. The molecule has 0 aliphatic carbocycles. The molecule has 0 radical (unpaired) electrons. The lowest BCUT2D eigenvalue weighted by molar-refractivity contribution is -0.133. The first-order valence-corrected chi connectivity index (χ1v) is 13.9. The number of nitrogens with zero attached hydrogens (tertiary/aromatic N) is 3. The van der Waals surface area contributed by atoms with Crippen molar-refractivity contribution in [3.63, 3.8) is 0 Å². The van der Waals surface area contributed by atoms with E-state index in [1.54, 1.807) is 17.0 Å². The number of carbonyl (C=O) groups is 3. The normalized spacial score (nSPS) is 14.0. The molecule has 7 nitrogen and oxygen atoms in total. The largest absolute Gasteiger partial charge is 0.367 e. The highest BCUT2D eigenvalue weighted by molar-refractivity contribution is 6.06. The van der Waals surface area contributed by atoms with Crippen molar-refractivity contribution in [1.82, 2.24) is 9.80 Å². The molecule has 210 valence electrons. The number of anilines is 2. The SMILES string of the molecule is CC[C@H](C(=O)N1CCN(c2ccc(NC(=O)c3ccc(F)cc3)cc2C(=O)N(CC)CC)CC1)c1ccccc1. The second-order valence-electron chi connectivity index (χ2n) is 9.85. The quantitative estimate of drug-likeness (QED) is 0.391. The van der Waals surface area contributed by atoms with Crippen LogP contribution in [0.5, 0.6) is 0 Å². The minimum atomic E-state index is -0.417. The lowest BCUT2D eigenvalue weighted by Gasteiger charge is -2.38. The average Bonchev–Trinajstić information content (AvgIpc) is 2.99. The van der Waals surface area contributed by atoms with Crippen molar-refractivity contribution in [2.75, 3.05) is 49.5 Å². The maximum Gasteiger partial charge on any atom is 0.256 e. The first kappa shape index (κ1) is 28.8. The molecule has 0 saturated carbocycles. The highest BCUT2D eigenvalue weighted by Gasteiger charge is 2.29. The van der Waals surface area contributed by atoms with Crippen molar-refractivity contribution in [3.8, 4) is 0 Å². The van der Waals surface area contributed by atoms with Gasteiger partial charge in [0.2, 0.25) is 5.91 Å². The first-order chi connectivity index (χ1) is 19.4. The Morgan fingerprint density at radius 3 is 2.12 bits per heavy atom. The average molecular weight is 545 g/mol. The van der Waals surface area contributed by atoms with Crippen molar-refractivity contribution in [3.05, 3.63) is 95.3 Å². The van der Waals surface area contributed by atoms with Crippen LogP contribution in [-0.2, 0) is 4.79 Å². The summed E-state index contributed by atoms with van der Waals surface area (Å²) >= 11 is 0. The molecule has 1 saturated heterocycles. The van der Waals surface area contributed by atoms with Gasteiger partial charge in [-0.25, -0.2) is 4.39 Å². The van der Waals surface area contributed by atoms with Gasteiger partial charge in [0.25, 0.3) is 11.8 Å².